The molecule has 0 radical (unpaired) electrons. The van der Waals surface area contributed by atoms with Crippen LogP contribution in [0.15, 0.2) is 18.2 Å². The van der Waals surface area contributed by atoms with Gasteiger partial charge in [-0.2, -0.15) is 0 Å². The second kappa shape index (κ2) is 7.75. The maximum absolute atomic E-state index is 6.31. The summed E-state index contributed by atoms with van der Waals surface area (Å²) in [5.41, 5.74) is 5.45. The van der Waals surface area contributed by atoms with E-state index in [9.17, 15) is 0 Å². The number of nitrogens with zero attached hydrogens (tertiary/aromatic N) is 2. The maximum Gasteiger partial charge on any atom is 0.160 e. The summed E-state index contributed by atoms with van der Waals surface area (Å²) in [4.78, 5) is 7.14. The van der Waals surface area contributed by atoms with Crippen LogP contribution < -0.4 is 15.0 Å². The normalized spacial score (nSPS) is 13.6. The van der Waals surface area contributed by atoms with Crippen molar-refractivity contribution in [3.8, 4) is 5.75 Å². The van der Waals surface area contributed by atoms with Crippen LogP contribution in [0.2, 0.25) is 5.02 Å². The van der Waals surface area contributed by atoms with Gasteiger partial charge in [-0.3, -0.25) is 0 Å². The summed E-state index contributed by atoms with van der Waals surface area (Å²) in [6.07, 6.45) is 2.20. The Labute approximate surface area is 161 Å². The summed E-state index contributed by atoms with van der Waals surface area (Å²) in [6, 6.07) is 6.07. The van der Waals surface area contributed by atoms with Crippen LogP contribution in [0.1, 0.15) is 43.5 Å². The van der Waals surface area contributed by atoms with Crippen LogP contribution in [0.4, 0.5) is 17.2 Å². The van der Waals surface area contributed by atoms with Crippen LogP contribution in [-0.4, -0.2) is 24.2 Å². The van der Waals surface area contributed by atoms with Crippen molar-refractivity contribution in [2.24, 2.45) is 0 Å². The molecular formula is C21H28ClN3O. The molecule has 0 atom stereocenters. The molecule has 2 aromatic rings. The van der Waals surface area contributed by atoms with Gasteiger partial charge in [0.05, 0.1) is 6.10 Å². The zero-order chi connectivity index (χ0) is 18.8. The molecule has 1 aliphatic heterocycles. The molecule has 0 amide bonds. The minimum atomic E-state index is 0.220. The van der Waals surface area contributed by atoms with Crippen molar-refractivity contribution in [2.45, 2.75) is 53.6 Å². The number of anilines is 3. The lowest BCUT2D eigenvalue weighted by atomic mass is 10.1. The molecule has 0 aliphatic carbocycles. The molecule has 0 saturated heterocycles. The third-order valence-electron chi connectivity index (χ3n) is 4.92. The van der Waals surface area contributed by atoms with E-state index in [4.69, 9.17) is 21.3 Å². The van der Waals surface area contributed by atoms with Crippen LogP contribution in [0.5, 0.6) is 5.75 Å². The minimum absolute atomic E-state index is 0.220. The van der Waals surface area contributed by atoms with Crippen molar-refractivity contribution in [3.63, 3.8) is 0 Å². The van der Waals surface area contributed by atoms with Gasteiger partial charge in [0, 0.05) is 35.6 Å². The molecule has 1 N–H and O–H groups in total. The number of aryl methyl sites for hydroxylation is 3. The first kappa shape index (κ1) is 18.8. The molecule has 1 aliphatic rings. The van der Waals surface area contributed by atoms with Crippen molar-refractivity contribution < 1.29 is 4.74 Å². The highest BCUT2D eigenvalue weighted by Gasteiger charge is 2.26. The van der Waals surface area contributed by atoms with Gasteiger partial charge in [-0.1, -0.05) is 25.4 Å². The smallest absolute Gasteiger partial charge is 0.160 e. The molecule has 1 aromatic heterocycles. The molecule has 3 rings (SSSR count). The van der Waals surface area contributed by atoms with E-state index < -0.39 is 0 Å². The van der Waals surface area contributed by atoms with Gasteiger partial charge in [-0.25, -0.2) is 4.98 Å². The molecule has 140 valence electrons. The Hall–Kier alpha value is -1.94. The number of nitrogens with one attached hydrogen (secondary N) is 1. The fraction of sp³-hybridized carbons (Fsp3) is 0.476. The van der Waals surface area contributed by atoms with E-state index in [-0.39, 0.29) is 6.10 Å². The first-order valence-electron chi connectivity index (χ1n) is 9.41. The molecule has 0 bridgehead atoms. The lowest BCUT2D eigenvalue weighted by molar-refractivity contribution is 0.193. The number of hydrogen-bond donors (Lipinski definition) is 1. The number of hydrogen-bond acceptors (Lipinski definition) is 4. The van der Waals surface area contributed by atoms with Gasteiger partial charge in [0.1, 0.15) is 11.4 Å². The lowest BCUT2D eigenvalue weighted by Crippen LogP contribution is -2.32. The van der Waals surface area contributed by atoms with Gasteiger partial charge >= 0.3 is 0 Å². The molecule has 2 heterocycles. The Balaban J connectivity index is 2.09. The Morgan fingerprint density at radius 3 is 2.42 bits per heavy atom. The van der Waals surface area contributed by atoms with E-state index in [1.165, 1.54) is 5.69 Å². The largest absolute Gasteiger partial charge is 0.488 e. The van der Waals surface area contributed by atoms with Gasteiger partial charge < -0.3 is 15.0 Å². The van der Waals surface area contributed by atoms with Crippen LogP contribution in [-0.2, 0) is 0 Å². The van der Waals surface area contributed by atoms with Gasteiger partial charge in [-0.05, 0) is 56.9 Å². The molecule has 4 nitrogen and oxygen atoms in total. The van der Waals surface area contributed by atoms with Crippen molar-refractivity contribution in [2.75, 3.05) is 23.3 Å². The lowest BCUT2D eigenvalue weighted by Gasteiger charge is -2.34. The van der Waals surface area contributed by atoms with Crippen LogP contribution in [0.3, 0.4) is 0 Å². The SMILES string of the molecule is CCC(CC)Oc1cc(C)nc2c1NCCN2c1c(C)cc(Cl)cc1C. The van der Waals surface area contributed by atoms with E-state index >= 15 is 0 Å². The minimum Gasteiger partial charge on any atom is -0.488 e. The third kappa shape index (κ3) is 3.61. The molecule has 26 heavy (non-hydrogen) atoms. The third-order valence-corrected chi connectivity index (χ3v) is 5.13. The first-order valence-corrected chi connectivity index (χ1v) is 9.78. The average Bonchev–Trinajstić information content (AvgIpc) is 2.59. The molecule has 1 aromatic carbocycles. The van der Waals surface area contributed by atoms with Crippen LogP contribution >= 0.6 is 11.6 Å². The Morgan fingerprint density at radius 2 is 1.81 bits per heavy atom. The summed E-state index contributed by atoms with van der Waals surface area (Å²) in [5.74, 6) is 1.83. The molecular weight excluding hydrogens is 346 g/mol. The quantitative estimate of drug-likeness (QED) is 0.719. The van der Waals surface area contributed by atoms with Crippen molar-refractivity contribution >= 4 is 28.8 Å². The summed E-state index contributed by atoms with van der Waals surface area (Å²) in [5, 5.41) is 4.28. The van der Waals surface area contributed by atoms with Crippen LogP contribution in [0, 0.1) is 20.8 Å². The summed E-state index contributed by atoms with van der Waals surface area (Å²) >= 11 is 6.23. The fourth-order valence-corrected chi connectivity index (χ4v) is 3.99. The first-order chi connectivity index (χ1) is 12.4. The van der Waals surface area contributed by atoms with Crippen LogP contribution in [0.25, 0.3) is 0 Å². The second-order valence-electron chi connectivity index (χ2n) is 6.98. The van der Waals surface area contributed by atoms with Crippen molar-refractivity contribution in [1.82, 2.24) is 4.98 Å². The number of benzene rings is 1. The van der Waals surface area contributed by atoms with Gasteiger partial charge in [0.15, 0.2) is 5.82 Å². The highest BCUT2D eigenvalue weighted by molar-refractivity contribution is 6.30. The highest BCUT2D eigenvalue weighted by atomic mass is 35.5. The Kier molecular flexibility index (Phi) is 5.61. The highest BCUT2D eigenvalue weighted by Crippen LogP contribution is 2.42. The van der Waals surface area contributed by atoms with E-state index in [1.807, 2.05) is 25.1 Å². The van der Waals surface area contributed by atoms with Gasteiger partial charge in [0.25, 0.3) is 0 Å². The fourth-order valence-electron chi connectivity index (χ4n) is 3.66. The maximum atomic E-state index is 6.31. The van der Waals surface area contributed by atoms with E-state index in [0.717, 1.165) is 65.0 Å². The summed E-state index contributed by atoms with van der Waals surface area (Å²) in [7, 11) is 0. The zero-order valence-electron chi connectivity index (χ0n) is 16.3. The monoisotopic (exact) mass is 373 g/mol. The summed E-state index contributed by atoms with van der Waals surface area (Å²) in [6.45, 7) is 12.3. The van der Waals surface area contributed by atoms with Crippen molar-refractivity contribution in [3.05, 3.63) is 40.0 Å². The molecule has 0 fully saturated rings. The number of pyridine rings is 1. The van der Waals surface area contributed by atoms with Gasteiger partial charge in [0.2, 0.25) is 0 Å². The molecule has 5 heteroatoms. The number of halogens is 1. The number of aromatic nitrogens is 1. The van der Waals surface area contributed by atoms with Gasteiger partial charge in [-0.15, -0.1) is 0 Å². The molecule has 0 saturated carbocycles. The number of fused-ring (bicyclic) bond motifs is 1. The van der Waals surface area contributed by atoms with Crippen molar-refractivity contribution in [1.29, 1.82) is 0 Å². The van der Waals surface area contributed by atoms with E-state index in [1.54, 1.807) is 0 Å². The number of ether oxygens (including phenoxy) is 1. The molecule has 0 unspecified atom stereocenters. The molecule has 0 spiro atoms. The van der Waals surface area contributed by atoms with E-state index in [0.29, 0.717) is 0 Å². The topological polar surface area (TPSA) is 37.4 Å². The average molecular weight is 374 g/mol. The predicted molar refractivity (Wildman–Crippen MR) is 110 cm³/mol. The zero-order valence-corrected chi connectivity index (χ0v) is 17.1. The standard InChI is InChI=1S/C21H28ClN3O/c1-6-17(7-2)26-18-12-15(5)24-21-19(18)23-8-9-25(21)20-13(3)10-16(22)11-14(20)4/h10-12,17,23H,6-9H2,1-5H3. The summed E-state index contributed by atoms with van der Waals surface area (Å²) < 4.78 is 6.31. The van der Waals surface area contributed by atoms with E-state index in [2.05, 4.69) is 37.9 Å². The second-order valence-corrected chi connectivity index (χ2v) is 7.42. The Morgan fingerprint density at radius 1 is 1.15 bits per heavy atom. The predicted octanol–water partition coefficient (Wildman–Crippen LogP) is 5.79. The number of rotatable bonds is 5. The Bertz CT molecular complexity index is 779.